The molecule has 0 saturated heterocycles. The lowest BCUT2D eigenvalue weighted by molar-refractivity contribution is -0.118. The molecule has 9 nitrogen and oxygen atoms in total. The predicted molar refractivity (Wildman–Crippen MR) is 140 cm³/mol. The Morgan fingerprint density at radius 2 is 1.75 bits per heavy atom. The largest absolute Gasteiger partial charge is 0.497 e. The van der Waals surface area contributed by atoms with Crippen molar-refractivity contribution < 1.29 is 19.0 Å². The molecule has 1 N–H and O–H groups in total. The highest BCUT2D eigenvalue weighted by Gasteiger charge is 2.15. The number of ether oxygens (including phenoxy) is 3. The maximum Gasteiger partial charge on any atom is 0.266 e. The maximum absolute atomic E-state index is 13.3. The molecule has 0 aliphatic heterocycles. The number of hydrazone groups is 1. The van der Waals surface area contributed by atoms with E-state index in [1.54, 1.807) is 82.0 Å². The molecule has 36 heavy (non-hydrogen) atoms. The van der Waals surface area contributed by atoms with Crippen molar-refractivity contribution in [3.05, 3.63) is 82.6 Å². The molecule has 184 valence electrons. The van der Waals surface area contributed by atoms with Gasteiger partial charge in [-0.25, -0.2) is 10.4 Å². The Kier molecular flexibility index (Phi) is 7.86. The van der Waals surface area contributed by atoms with Crippen LogP contribution in [0.3, 0.4) is 0 Å². The van der Waals surface area contributed by atoms with Crippen LogP contribution in [0.15, 0.2) is 81.8 Å². The second kappa shape index (κ2) is 11.4. The van der Waals surface area contributed by atoms with Crippen LogP contribution in [0.2, 0.25) is 0 Å². The number of carbonyl (C=O) groups excluding carboxylic acids is 1. The van der Waals surface area contributed by atoms with Crippen molar-refractivity contribution in [1.29, 1.82) is 0 Å². The van der Waals surface area contributed by atoms with Crippen molar-refractivity contribution in [3.63, 3.8) is 0 Å². The van der Waals surface area contributed by atoms with Crippen LogP contribution in [0.1, 0.15) is 5.56 Å². The fraction of sp³-hybridized carbons (Fsp3) is 0.154. The summed E-state index contributed by atoms with van der Waals surface area (Å²) in [5.41, 5.74) is 4.18. The number of hydrogen-bond donors (Lipinski definition) is 1. The van der Waals surface area contributed by atoms with Crippen molar-refractivity contribution in [1.82, 2.24) is 15.0 Å². The van der Waals surface area contributed by atoms with Gasteiger partial charge < -0.3 is 14.2 Å². The molecule has 4 rings (SSSR count). The molecule has 4 aromatic rings. The van der Waals surface area contributed by atoms with Crippen LogP contribution in [0.5, 0.6) is 17.2 Å². The Morgan fingerprint density at radius 3 is 2.47 bits per heavy atom. The van der Waals surface area contributed by atoms with Gasteiger partial charge in [-0.2, -0.15) is 5.10 Å². The van der Waals surface area contributed by atoms with Crippen molar-refractivity contribution in [2.45, 2.75) is 5.16 Å². The summed E-state index contributed by atoms with van der Waals surface area (Å²) < 4.78 is 17.2. The standard InChI is InChI=1S/C26H24N4O5S/c1-33-19-11-9-18(10-12-19)30-25(32)20-6-4-5-7-21(20)28-26(30)36-16-24(31)29-27-15-17-8-13-22(34-2)23(14-17)35-3/h4-15H,16H2,1-3H3,(H,29,31). The number of methoxy groups -OCH3 is 3. The van der Waals surface area contributed by atoms with E-state index in [0.717, 1.165) is 17.3 Å². The topological polar surface area (TPSA) is 104 Å². The second-order valence-corrected chi connectivity index (χ2v) is 8.39. The van der Waals surface area contributed by atoms with Gasteiger partial charge in [0.25, 0.3) is 11.5 Å². The van der Waals surface area contributed by atoms with E-state index < -0.39 is 0 Å². The number of thioether (sulfide) groups is 1. The normalized spacial score (nSPS) is 11.0. The van der Waals surface area contributed by atoms with Crippen LogP contribution < -0.4 is 25.2 Å². The van der Waals surface area contributed by atoms with Crippen molar-refractivity contribution >= 4 is 34.8 Å². The SMILES string of the molecule is COc1ccc(-n2c(SCC(=O)NN=Cc3ccc(OC)c(OC)c3)nc3ccccc3c2=O)cc1. The fourth-order valence-electron chi connectivity index (χ4n) is 3.44. The average molecular weight is 505 g/mol. The first-order chi connectivity index (χ1) is 17.5. The van der Waals surface area contributed by atoms with Gasteiger partial charge in [-0.15, -0.1) is 0 Å². The summed E-state index contributed by atoms with van der Waals surface area (Å²) in [5.74, 6) is 1.48. The zero-order chi connectivity index (χ0) is 25.5. The molecule has 1 amide bonds. The quantitative estimate of drug-likeness (QED) is 0.161. The number of nitrogens with zero attached hydrogens (tertiary/aromatic N) is 3. The summed E-state index contributed by atoms with van der Waals surface area (Å²) in [4.78, 5) is 30.4. The molecule has 0 atom stereocenters. The van der Waals surface area contributed by atoms with E-state index in [1.807, 2.05) is 6.07 Å². The van der Waals surface area contributed by atoms with E-state index >= 15 is 0 Å². The Hall–Kier alpha value is -4.31. The molecule has 1 aromatic heterocycles. The maximum atomic E-state index is 13.3. The lowest BCUT2D eigenvalue weighted by Crippen LogP contribution is -2.24. The highest BCUT2D eigenvalue weighted by Crippen LogP contribution is 2.27. The molecule has 0 unspecified atom stereocenters. The smallest absolute Gasteiger partial charge is 0.266 e. The van der Waals surface area contributed by atoms with Gasteiger partial charge in [0.15, 0.2) is 16.7 Å². The van der Waals surface area contributed by atoms with E-state index in [-0.39, 0.29) is 17.2 Å². The van der Waals surface area contributed by atoms with Gasteiger partial charge in [-0.3, -0.25) is 14.2 Å². The highest BCUT2D eigenvalue weighted by molar-refractivity contribution is 7.99. The minimum absolute atomic E-state index is 0.00418. The zero-order valence-electron chi connectivity index (χ0n) is 19.9. The van der Waals surface area contributed by atoms with Crippen LogP contribution in [-0.2, 0) is 4.79 Å². The van der Waals surface area contributed by atoms with Gasteiger partial charge >= 0.3 is 0 Å². The molecule has 0 radical (unpaired) electrons. The van der Waals surface area contributed by atoms with Gasteiger partial charge in [0.05, 0.1) is 49.9 Å². The third-order valence-electron chi connectivity index (χ3n) is 5.22. The third kappa shape index (κ3) is 5.49. The summed E-state index contributed by atoms with van der Waals surface area (Å²) in [6.45, 7) is 0. The lowest BCUT2D eigenvalue weighted by Gasteiger charge is -2.13. The summed E-state index contributed by atoms with van der Waals surface area (Å²) >= 11 is 1.14. The molecular weight excluding hydrogens is 480 g/mol. The molecule has 0 bridgehead atoms. The molecule has 0 spiro atoms. The lowest BCUT2D eigenvalue weighted by atomic mass is 10.2. The zero-order valence-corrected chi connectivity index (χ0v) is 20.7. The minimum Gasteiger partial charge on any atom is -0.497 e. The average Bonchev–Trinajstić information content (AvgIpc) is 2.92. The fourth-order valence-corrected chi connectivity index (χ4v) is 4.25. The third-order valence-corrected chi connectivity index (χ3v) is 6.16. The van der Waals surface area contributed by atoms with Crippen molar-refractivity contribution in [2.24, 2.45) is 5.10 Å². The van der Waals surface area contributed by atoms with Gasteiger partial charge in [0.2, 0.25) is 0 Å². The Labute approximate surface area is 211 Å². The van der Waals surface area contributed by atoms with E-state index in [4.69, 9.17) is 14.2 Å². The van der Waals surface area contributed by atoms with Crippen LogP contribution in [-0.4, -0.2) is 48.8 Å². The predicted octanol–water partition coefficient (Wildman–Crippen LogP) is 3.65. The summed E-state index contributed by atoms with van der Waals surface area (Å²) in [6.07, 6.45) is 1.51. The van der Waals surface area contributed by atoms with Crippen LogP contribution in [0, 0.1) is 0 Å². The molecule has 0 aliphatic carbocycles. The first-order valence-corrected chi connectivity index (χ1v) is 11.9. The number of benzene rings is 3. The van der Waals surface area contributed by atoms with E-state index in [1.165, 1.54) is 10.8 Å². The number of aromatic nitrogens is 2. The number of nitrogens with one attached hydrogen (secondary N) is 1. The van der Waals surface area contributed by atoms with E-state index in [2.05, 4.69) is 15.5 Å². The highest BCUT2D eigenvalue weighted by atomic mass is 32.2. The number of amides is 1. The number of fused-ring (bicyclic) bond motifs is 1. The van der Waals surface area contributed by atoms with Crippen LogP contribution in [0.4, 0.5) is 0 Å². The summed E-state index contributed by atoms with van der Waals surface area (Å²) in [7, 11) is 4.68. The molecule has 3 aromatic carbocycles. The number of hydrogen-bond acceptors (Lipinski definition) is 8. The summed E-state index contributed by atoms with van der Waals surface area (Å²) in [6, 6.07) is 19.5. The van der Waals surface area contributed by atoms with Gasteiger partial charge in [0, 0.05) is 0 Å². The number of para-hydroxylation sites is 1. The van der Waals surface area contributed by atoms with Gasteiger partial charge in [-0.05, 0) is 60.2 Å². The molecule has 0 fully saturated rings. The molecule has 10 heteroatoms. The molecule has 1 heterocycles. The van der Waals surface area contributed by atoms with Gasteiger partial charge in [0.1, 0.15) is 5.75 Å². The molecule has 0 saturated carbocycles. The molecular formula is C26H24N4O5S. The van der Waals surface area contributed by atoms with Crippen molar-refractivity contribution in [2.75, 3.05) is 27.1 Å². The Balaban J connectivity index is 1.52. The van der Waals surface area contributed by atoms with E-state index in [0.29, 0.717) is 39.0 Å². The number of carbonyl (C=O) groups is 1. The Bertz CT molecular complexity index is 1470. The second-order valence-electron chi connectivity index (χ2n) is 7.45. The number of rotatable bonds is 9. The Morgan fingerprint density at radius 1 is 1.00 bits per heavy atom. The van der Waals surface area contributed by atoms with E-state index in [9.17, 15) is 9.59 Å². The van der Waals surface area contributed by atoms with Crippen molar-refractivity contribution in [3.8, 4) is 22.9 Å². The molecule has 0 aliphatic rings. The van der Waals surface area contributed by atoms with Crippen LogP contribution in [0.25, 0.3) is 16.6 Å². The minimum atomic E-state index is -0.347. The first kappa shape index (κ1) is 24.8. The first-order valence-electron chi connectivity index (χ1n) is 10.9. The van der Waals surface area contributed by atoms with Gasteiger partial charge in [-0.1, -0.05) is 23.9 Å². The monoisotopic (exact) mass is 504 g/mol. The van der Waals surface area contributed by atoms with Crippen LogP contribution >= 0.6 is 11.8 Å². The summed E-state index contributed by atoms with van der Waals surface area (Å²) in [5, 5.41) is 4.89.